The van der Waals surface area contributed by atoms with Crippen LogP contribution in [0.4, 0.5) is 0 Å². The van der Waals surface area contributed by atoms with Crippen LogP contribution in [0.1, 0.15) is 52.4 Å². The Morgan fingerprint density at radius 1 is 1.25 bits per heavy atom. The Bertz CT molecular complexity index is 114. The number of alkyl halides is 1. The zero-order chi connectivity index (χ0) is 8.97. The third kappa shape index (κ3) is 3.93. The van der Waals surface area contributed by atoms with Gasteiger partial charge < -0.3 is 0 Å². The van der Waals surface area contributed by atoms with Crippen molar-refractivity contribution >= 4 is 15.9 Å². The highest BCUT2D eigenvalue weighted by Gasteiger charge is 2.18. The Kier molecular flexibility index (Phi) is 4.63. The van der Waals surface area contributed by atoms with Crippen LogP contribution in [0.3, 0.4) is 0 Å². The highest BCUT2D eigenvalue weighted by molar-refractivity contribution is 9.09. The first-order chi connectivity index (χ1) is 5.68. The van der Waals surface area contributed by atoms with E-state index in [1.807, 2.05) is 0 Å². The van der Waals surface area contributed by atoms with Crippen LogP contribution in [0.25, 0.3) is 0 Å². The standard InChI is InChI=1S/C11H21Br/c1-9(7-10(2)12)8-11-5-3-4-6-11/h9-11H,3-8H2,1-2H3. The van der Waals surface area contributed by atoms with E-state index in [-0.39, 0.29) is 0 Å². The lowest BCUT2D eigenvalue weighted by Gasteiger charge is -2.17. The zero-order valence-corrected chi connectivity index (χ0v) is 9.94. The van der Waals surface area contributed by atoms with E-state index >= 15 is 0 Å². The Balaban J connectivity index is 2.11. The summed E-state index contributed by atoms with van der Waals surface area (Å²) in [5.41, 5.74) is 0. The van der Waals surface area contributed by atoms with E-state index in [1.54, 1.807) is 0 Å². The average molecular weight is 233 g/mol. The van der Waals surface area contributed by atoms with E-state index < -0.39 is 0 Å². The van der Waals surface area contributed by atoms with Gasteiger partial charge in [-0.1, -0.05) is 55.5 Å². The van der Waals surface area contributed by atoms with Gasteiger partial charge in [0.2, 0.25) is 0 Å². The van der Waals surface area contributed by atoms with Gasteiger partial charge in [-0.05, 0) is 24.7 Å². The number of halogens is 1. The van der Waals surface area contributed by atoms with Gasteiger partial charge in [-0.15, -0.1) is 0 Å². The molecule has 12 heavy (non-hydrogen) atoms. The number of hydrogen-bond acceptors (Lipinski definition) is 0. The van der Waals surface area contributed by atoms with Crippen molar-refractivity contribution in [2.75, 3.05) is 0 Å². The van der Waals surface area contributed by atoms with Crippen molar-refractivity contribution in [3.63, 3.8) is 0 Å². The summed E-state index contributed by atoms with van der Waals surface area (Å²) in [5, 5.41) is 0. The average Bonchev–Trinajstić information content (AvgIpc) is 2.37. The molecule has 0 aliphatic heterocycles. The number of hydrogen-bond donors (Lipinski definition) is 0. The smallest absolute Gasteiger partial charge is 0.0120 e. The van der Waals surface area contributed by atoms with Crippen molar-refractivity contribution in [3.8, 4) is 0 Å². The molecule has 0 saturated heterocycles. The van der Waals surface area contributed by atoms with Gasteiger partial charge in [-0.25, -0.2) is 0 Å². The van der Waals surface area contributed by atoms with Crippen LogP contribution in [-0.4, -0.2) is 4.83 Å². The minimum absolute atomic E-state index is 0.703. The van der Waals surface area contributed by atoms with Crippen LogP contribution >= 0.6 is 15.9 Å². The van der Waals surface area contributed by atoms with Crippen LogP contribution in [0.15, 0.2) is 0 Å². The maximum Gasteiger partial charge on any atom is 0.0120 e. The summed E-state index contributed by atoms with van der Waals surface area (Å²) in [6, 6.07) is 0. The first kappa shape index (κ1) is 10.6. The lowest BCUT2D eigenvalue weighted by atomic mass is 9.92. The Hall–Kier alpha value is 0.480. The molecule has 1 saturated carbocycles. The summed E-state index contributed by atoms with van der Waals surface area (Å²) >= 11 is 3.62. The highest BCUT2D eigenvalue weighted by Crippen LogP contribution is 2.31. The molecule has 0 nitrogen and oxygen atoms in total. The van der Waals surface area contributed by atoms with Crippen LogP contribution in [0.5, 0.6) is 0 Å². The molecule has 1 heteroatoms. The van der Waals surface area contributed by atoms with Gasteiger partial charge in [0.1, 0.15) is 0 Å². The van der Waals surface area contributed by atoms with E-state index in [2.05, 4.69) is 29.8 Å². The fraction of sp³-hybridized carbons (Fsp3) is 1.00. The Labute approximate surface area is 85.3 Å². The molecule has 1 rings (SSSR count). The summed E-state index contributed by atoms with van der Waals surface area (Å²) in [5.74, 6) is 1.98. The maximum atomic E-state index is 3.62. The molecule has 72 valence electrons. The van der Waals surface area contributed by atoms with Crippen molar-refractivity contribution in [3.05, 3.63) is 0 Å². The van der Waals surface area contributed by atoms with Crippen LogP contribution in [0.2, 0.25) is 0 Å². The highest BCUT2D eigenvalue weighted by atomic mass is 79.9. The van der Waals surface area contributed by atoms with Gasteiger partial charge in [0.25, 0.3) is 0 Å². The van der Waals surface area contributed by atoms with Crippen LogP contribution in [0, 0.1) is 11.8 Å². The molecule has 0 bridgehead atoms. The Morgan fingerprint density at radius 2 is 1.83 bits per heavy atom. The summed E-state index contributed by atoms with van der Waals surface area (Å²) in [4.78, 5) is 0.703. The van der Waals surface area contributed by atoms with E-state index in [1.165, 1.54) is 38.5 Å². The van der Waals surface area contributed by atoms with Crippen molar-refractivity contribution in [2.45, 2.75) is 57.2 Å². The van der Waals surface area contributed by atoms with E-state index in [0.717, 1.165) is 11.8 Å². The Morgan fingerprint density at radius 3 is 2.33 bits per heavy atom. The molecule has 0 heterocycles. The van der Waals surface area contributed by atoms with Gasteiger partial charge in [0.05, 0.1) is 0 Å². The maximum absolute atomic E-state index is 3.62. The van der Waals surface area contributed by atoms with Crippen molar-refractivity contribution in [2.24, 2.45) is 11.8 Å². The van der Waals surface area contributed by atoms with Crippen molar-refractivity contribution in [1.29, 1.82) is 0 Å². The lowest BCUT2D eigenvalue weighted by molar-refractivity contribution is 0.381. The summed E-state index contributed by atoms with van der Waals surface area (Å²) < 4.78 is 0. The third-order valence-corrected chi connectivity index (χ3v) is 3.31. The third-order valence-electron chi connectivity index (χ3n) is 2.94. The minimum Gasteiger partial charge on any atom is -0.0894 e. The van der Waals surface area contributed by atoms with Crippen molar-refractivity contribution < 1.29 is 0 Å². The second-order valence-corrected chi connectivity index (χ2v) is 6.07. The molecule has 1 aliphatic carbocycles. The van der Waals surface area contributed by atoms with E-state index in [9.17, 15) is 0 Å². The lowest BCUT2D eigenvalue weighted by Crippen LogP contribution is -2.06. The van der Waals surface area contributed by atoms with Crippen molar-refractivity contribution in [1.82, 2.24) is 0 Å². The second kappa shape index (κ2) is 5.26. The fourth-order valence-corrected chi connectivity index (χ4v) is 3.10. The zero-order valence-electron chi connectivity index (χ0n) is 8.35. The minimum atomic E-state index is 0.703. The number of rotatable bonds is 4. The van der Waals surface area contributed by atoms with Gasteiger partial charge in [0.15, 0.2) is 0 Å². The molecule has 0 aromatic carbocycles. The summed E-state index contributed by atoms with van der Waals surface area (Å²) in [6.07, 6.45) is 8.79. The SMILES string of the molecule is CC(Br)CC(C)CC1CCCC1. The molecule has 2 atom stereocenters. The van der Waals surface area contributed by atoms with Crippen LogP contribution < -0.4 is 0 Å². The topological polar surface area (TPSA) is 0 Å². The van der Waals surface area contributed by atoms with Gasteiger partial charge in [0, 0.05) is 4.83 Å². The molecule has 0 amide bonds. The summed E-state index contributed by atoms with van der Waals surface area (Å²) in [7, 11) is 0. The summed E-state index contributed by atoms with van der Waals surface area (Å²) in [6.45, 7) is 4.65. The molecule has 0 aromatic rings. The molecule has 0 spiro atoms. The van der Waals surface area contributed by atoms with Gasteiger partial charge in [-0.3, -0.25) is 0 Å². The molecule has 1 aliphatic rings. The molecule has 0 aromatic heterocycles. The molecular formula is C11H21Br. The van der Waals surface area contributed by atoms with Gasteiger partial charge >= 0.3 is 0 Å². The monoisotopic (exact) mass is 232 g/mol. The predicted octanol–water partition coefficient (Wildman–Crippen LogP) is 4.38. The van der Waals surface area contributed by atoms with Crippen LogP contribution in [-0.2, 0) is 0 Å². The van der Waals surface area contributed by atoms with Gasteiger partial charge in [-0.2, -0.15) is 0 Å². The van der Waals surface area contributed by atoms with E-state index in [0.29, 0.717) is 4.83 Å². The first-order valence-corrected chi connectivity index (χ1v) is 6.24. The quantitative estimate of drug-likeness (QED) is 0.632. The normalized spacial score (nSPS) is 24.2. The molecule has 2 unspecified atom stereocenters. The predicted molar refractivity (Wildman–Crippen MR) is 58.7 cm³/mol. The van der Waals surface area contributed by atoms with E-state index in [4.69, 9.17) is 0 Å². The second-order valence-electron chi connectivity index (χ2n) is 4.51. The molecule has 0 radical (unpaired) electrons. The molecular weight excluding hydrogens is 212 g/mol. The fourth-order valence-electron chi connectivity index (χ4n) is 2.47. The molecule has 1 fully saturated rings. The first-order valence-electron chi connectivity index (χ1n) is 5.32. The molecule has 0 N–H and O–H groups in total. The largest absolute Gasteiger partial charge is 0.0894 e.